The molecule has 0 bridgehead atoms. The first-order valence-electron chi connectivity index (χ1n) is 5.65. The van der Waals surface area contributed by atoms with Gasteiger partial charge in [0.05, 0.1) is 5.69 Å². The van der Waals surface area contributed by atoms with E-state index >= 15 is 0 Å². The normalized spacial score (nSPS) is 16.2. The smallest absolute Gasteiger partial charge is 0.256 e. The van der Waals surface area contributed by atoms with Crippen LogP contribution in [0.4, 0.5) is 10.1 Å². The van der Waals surface area contributed by atoms with Crippen molar-refractivity contribution in [2.24, 2.45) is 5.84 Å². The number of hydrogen-bond acceptors (Lipinski definition) is 3. The maximum atomic E-state index is 13.3. The third-order valence-corrected chi connectivity index (χ3v) is 3.09. The zero-order valence-electron chi connectivity index (χ0n) is 9.94. The third-order valence-electron chi connectivity index (χ3n) is 3.09. The van der Waals surface area contributed by atoms with Gasteiger partial charge in [0.15, 0.2) is 0 Å². The van der Waals surface area contributed by atoms with Gasteiger partial charge in [0.2, 0.25) is 5.91 Å². The maximum Gasteiger partial charge on any atom is 0.256 e. The van der Waals surface area contributed by atoms with Gasteiger partial charge >= 0.3 is 0 Å². The van der Waals surface area contributed by atoms with Gasteiger partial charge in [0, 0.05) is 6.42 Å². The quantitative estimate of drug-likeness (QED) is 0.456. The fourth-order valence-electron chi connectivity index (χ4n) is 2.13. The first kappa shape index (κ1) is 12.5. The summed E-state index contributed by atoms with van der Waals surface area (Å²) in [6.07, 6.45) is 0.864. The molecule has 0 saturated carbocycles. The van der Waals surface area contributed by atoms with Gasteiger partial charge in [0.1, 0.15) is 11.9 Å². The molecule has 0 aliphatic carbocycles. The highest BCUT2D eigenvalue weighted by Gasteiger charge is 2.31. The Balaban J connectivity index is 2.44. The fraction of sp³-hybridized carbons (Fsp3) is 0.333. The fourth-order valence-corrected chi connectivity index (χ4v) is 2.13. The molecule has 2 rings (SSSR count). The third kappa shape index (κ3) is 2.06. The molecule has 0 fully saturated rings. The summed E-state index contributed by atoms with van der Waals surface area (Å²) in [6, 6.07) is 3.49. The van der Waals surface area contributed by atoms with E-state index in [1.54, 1.807) is 13.0 Å². The van der Waals surface area contributed by atoms with Crippen LogP contribution >= 0.6 is 0 Å². The van der Waals surface area contributed by atoms with Crippen LogP contribution in [0.15, 0.2) is 18.2 Å². The first-order chi connectivity index (χ1) is 8.54. The van der Waals surface area contributed by atoms with Crippen LogP contribution in [0.25, 0.3) is 0 Å². The Morgan fingerprint density at radius 1 is 1.50 bits per heavy atom. The van der Waals surface area contributed by atoms with Crippen LogP contribution in [-0.2, 0) is 16.0 Å². The van der Waals surface area contributed by atoms with Crippen LogP contribution in [0, 0.1) is 5.82 Å². The molecule has 1 aliphatic rings. The molecule has 1 aromatic rings. The van der Waals surface area contributed by atoms with Gasteiger partial charge in [-0.3, -0.25) is 19.9 Å². The number of carbonyl (C=O) groups excluding carboxylic acids is 2. The van der Waals surface area contributed by atoms with Crippen molar-refractivity contribution in [2.75, 3.05) is 4.90 Å². The van der Waals surface area contributed by atoms with Gasteiger partial charge in [-0.25, -0.2) is 10.2 Å². The summed E-state index contributed by atoms with van der Waals surface area (Å²) in [7, 11) is 0. The molecular weight excluding hydrogens is 237 g/mol. The Labute approximate surface area is 104 Å². The van der Waals surface area contributed by atoms with Crippen molar-refractivity contribution in [1.29, 1.82) is 0 Å². The topological polar surface area (TPSA) is 75.4 Å². The van der Waals surface area contributed by atoms with Crippen molar-refractivity contribution in [3.05, 3.63) is 29.6 Å². The number of fused-ring (bicyclic) bond motifs is 1. The lowest BCUT2D eigenvalue weighted by Crippen LogP contribution is -2.51. The summed E-state index contributed by atoms with van der Waals surface area (Å²) >= 11 is 0. The first-order valence-corrected chi connectivity index (χ1v) is 5.65. The van der Waals surface area contributed by atoms with Crippen molar-refractivity contribution in [2.45, 2.75) is 25.8 Å². The van der Waals surface area contributed by atoms with Crippen LogP contribution in [-0.4, -0.2) is 17.9 Å². The number of nitrogens with two attached hydrogens (primary N) is 1. The lowest BCUT2D eigenvalue weighted by Gasteiger charge is -2.33. The summed E-state index contributed by atoms with van der Waals surface area (Å²) in [5.74, 6) is 3.94. The predicted molar refractivity (Wildman–Crippen MR) is 64.0 cm³/mol. The van der Waals surface area contributed by atoms with Crippen LogP contribution in [0.3, 0.4) is 0 Å². The van der Waals surface area contributed by atoms with E-state index in [9.17, 15) is 14.0 Å². The molecule has 3 N–H and O–H groups in total. The van der Waals surface area contributed by atoms with Crippen LogP contribution in [0.5, 0.6) is 0 Å². The lowest BCUT2D eigenvalue weighted by molar-refractivity contribution is -0.126. The Kier molecular flexibility index (Phi) is 3.29. The van der Waals surface area contributed by atoms with Gasteiger partial charge < -0.3 is 0 Å². The van der Waals surface area contributed by atoms with Crippen molar-refractivity contribution < 1.29 is 14.0 Å². The van der Waals surface area contributed by atoms with E-state index < -0.39 is 17.8 Å². The average Bonchev–Trinajstić information content (AvgIpc) is 2.36. The highest BCUT2D eigenvalue weighted by atomic mass is 19.1. The van der Waals surface area contributed by atoms with Crippen molar-refractivity contribution in [3.63, 3.8) is 0 Å². The van der Waals surface area contributed by atoms with E-state index in [2.05, 4.69) is 0 Å². The van der Waals surface area contributed by atoms with Gasteiger partial charge in [0.25, 0.3) is 5.91 Å². The minimum absolute atomic E-state index is 0.204. The molecular formula is C12H14FN3O2. The highest BCUT2D eigenvalue weighted by molar-refractivity contribution is 6.02. The Hall–Kier alpha value is -1.95. The maximum absolute atomic E-state index is 13.3. The van der Waals surface area contributed by atoms with Crippen LogP contribution in [0.1, 0.15) is 18.9 Å². The standard InChI is InChI=1S/C12H14FN3O2/c1-7(12(18)15-14)16-10-6-9(13)4-2-8(10)3-5-11(16)17/h2,4,6-7H,3,5,14H2,1H3,(H,15,18). The van der Waals surface area contributed by atoms with E-state index in [1.807, 2.05) is 5.43 Å². The second-order valence-corrected chi connectivity index (χ2v) is 4.22. The Bertz CT molecular complexity index is 504. The molecule has 0 radical (unpaired) electrons. The van der Waals surface area contributed by atoms with Crippen LogP contribution in [0.2, 0.25) is 0 Å². The summed E-state index contributed by atoms with van der Waals surface area (Å²) in [6.45, 7) is 1.56. The molecule has 2 amide bonds. The Morgan fingerprint density at radius 3 is 2.89 bits per heavy atom. The van der Waals surface area contributed by atoms with E-state index in [0.717, 1.165) is 5.56 Å². The van der Waals surface area contributed by atoms with Gasteiger partial charge in [-0.1, -0.05) is 6.07 Å². The van der Waals surface area contributed by atoms with E-state index in [-0.39, 0.29) is 5.91 Å². The number of anilines is 1. The summed E-state index contributed by atoms with van der Waals surface area (Å²) < 4.78 is 13.3. The number of benzene rings is 1. The van der Waals surface area contributed by atoms with E-state index in [1.165, 1.54) is 17.0 Å². The zero-order valence-corrected chi connectivity index (χ0v) is 9.94. The Morgan fingerprint density at radius 2 is 2.22 bits per heavy atom. The summed E-state index contributed by atoms with van der Waals surface area (Å²) in [4.78, 5) is 24.7. The average molecular weight is 251 g/mol. The van der Waals surface area contributed by atoms with Crippen molar-refractivity contribution >= 4 is 17.5 Å². The SMILES string of the molecule is CC(C(=O)NN)N1C(=O)CCc2ccc(F)cc21. The molecule has 18 heavy (non-hydrogen) atoms. The number of hydrazine groups is 1. The summed E-state index contributed by atoms with van der Waals surface area (Å²) in [5.41, 5.74) is 3.30. The number of amides is 2. The van der Waals surface area contributed by atoms with Crippen molar-refractivity contribution in [3.8, 4) is 0 Å². The zero-order chi connectivity index (χ0) is 13.3. The number of nitrogens with zero attached hydrogens (tertiary/aromatic N) is 1. The molecule has 1 heterocycles. The molecule has 5 nitrogen and oxygen atoms in total. The molecule has 0 spiro atoms. The predicted octanol–water partition coefficient (Wildman–Crippen LogP) is 0.483. The molecule has 1 unspecified atom stereocenters. The number of hydrogen-bond donors (Lipinski definition) is 2. The molecule has 1 aromatic carbocycles. The van der Waals surface area contributed by atoms with Crippen molar-refractivity contribution in [1.82, 2.24) is 5.43 Å². The lowest BCUT2D eigenvalue weighted by atomic mass is 9.99. The van der Waals surface area contributed by atoms with Gasteiger partial charge in [-0.05, 0) is 31.0 Å². The number of nitrogens with one attached hydrogen (secondary N) is 1. The largest absolute Gasteiger partial charge is 0.300 e. The second-order valence-electron chi connectivity index (χ2n) is 4.22. The minimum Gasteiger partial charge on any atom is -0.300 e. The number of rotatable bonds is 2. The van der Waals surface area contributed by atoms with E-state index in [4.69, 9.17) is 5.84 Å². The highest BCUT2D eigenvalue weighted by Crippen LogP contribution is 2.30. The number of halogens is 1. The van der Waals surface area contributed by atoms with Gasteiger partial charge in [-0.15, -0.1) is 0 Å². The van der Waals surface area contributed by atoms with E-state index in [0.29, 0.717) is 18.5 Å². The molecule has 1 aliphatic heterocycles. The van der Waals surface area contributed by atoms with Crippen LogP contribution < -0.4 is 16.2 Å². The number of aryl methyl sites for hydroxylation is 1. The second kappa shape index (κ2) is 4.73. The molecule has 1 atom stereocenters. The molecule has 96 valence electrons. The molecule has 6 heteroatoms. The molecule has 0 aromatic heterocycles. The minimum atomic E-state index is -0.761. The monoisotopic (exact) mass is 251 g/mol. The summed E-state index contributed by atoms with van der Waals surface area (Å²) in [5, 5.41) is 0. The molecule has 0 saturated heterocycles. The number of carbonyl (C=O) groups is 2. The van der Waals surface area contributed by atoms with Gasteiger partial charge in [-0.2, -0.15) is 0 Å².